The van der Waals surface area contributed by atoms with Crippen molar-refractivity contribution in [3.05, 3.63) is 18.0 Å². The largest absolute Gasteiger partial charge is 0.433 e. The fraction of sp³-hybridized carbons (Fsp3) is 0.667. The highest BCUT2D eigenvalue weighted by Gasteiger charge is 2.37. The van der Waals surface area contributed by atoms with Crippen molar-refractivity contribution in [2.75, 3.05) is 24.5 Å². The van der Waals surface area contributed by atoms with Crippen LogP contribution in [0.15, 0.2) is 12.3 Å². The Morgan fingerprint density at radius 1 is 1.32 bits per heavy atom. The summed E-state index contributed by atoms with van der Waals surface area (Å²) in [5.41, 5.74) is -0.875. The van der Waals surface area contributed by atoms with Crippen LogP contribution in [0.25, 0.3) is 0 Å². The van der Waals surface area contributed by atoms with Crippen molar-refractivity contribution in [2.24, 2.45) is 5.92 Å². The van der Waals surface area contributed by atoms with E-state index in [4.69, 9.17) is 0 Å². The van der Waals surface area contributed by atoms with E-state index in [1.807, 2.05) is 4.90 Å². The summed E-state index contributed by atoms with van der Waals surface area (Å²) in [6.07, 6.45) is -0.992. The van der Waals surface area contributed by atoms with Crippen molar-refractivity contribution in [1.82, 2.24) is 15.3 Å². The summed E-state index contributed by atoms with van der Waals surface area (Å²) in [7, 11) is 0. The Morgan fingerprint density at radius 3 is 2.89 bits per heavy atom. The number of hydrogen-bond donors (Lipinski definition) is 1. The zero-order valence-corrected chi connectivity index (χ0v) is 10.3. The van der Waals surface area contributed by atoms with Crippen molar-refractivity contribution in [2.45, 2.75) is 25.1 Å². The minimum Gasteiger partial charge on any atom is -0.339 e. The second-order valence-corrected chi connectivity index (χ2v) is 5.11. The number of fused-ring (bicyclic) bond motifs is 1. The van der Waals surface area contributed by atoms with E-state index >= 15 is 0 Å². The van der Waals surface area contributed by atoms with Crippen molar-refractivity contribution in [1.29, 1.82) is 0 Å². The van der Waals surface area contributed by atoms with Gasteiger partial charge in [0.1, 0.15) is 5.69 Å². The van der Waals surface area contributed by atoms with Crippen molar-refractivity contribution < 1.29 is 13.2 Å². The normalized spacial score (nSPS) is 27.4. The lowest BCUT2D eigenvalue weighted by molar-refractivity contribution is -0.141. The third-order valence-corrected chi connectivity index (χ3v) is 3.82. The Morgan fingerprint density at radius 2 is 2.16 bits per heavy atom. The van der Waals surface area contributed by atoms with Gasteiger partial charge in [0, 0.05) is 25.3 Å². The van der Waals surface area contributed by atoms with Crippen LogP contribution in [-0.2, 0) is 6.18 Å². The van der Waals surface area contributed by atoms with Crippen LogP contribution in [0.2, 0.25) is 0 Å². The molecule has 1 aromatic heterocycles. The smallest absolute Gasteiger partial charge is 0.339 e. The fourth-order valence-corrected chi connectivity index (χ4v) is 2.87. The molecule has 2 aliphatic rings. The SMILES string of the molecule is FC(F)(F)c1ccnc(N2CC3CCCNC3C2)n1. The molecule has 2 aliphatic heterocycles. The van der Waals surface area contributed by atoms with Gasteiger partial charge in [-0.3, -0.25) is 0 Å². The maximum Gasteiger partial charge on any atom is 0.433 e. The van der Waals surface area contributed by atoms with Crippen LogP contribution >= 0.6 is 0 Å². The van der Waals surface area contributed by atoms with Crippen LogP contribution in [0.5, 0.6) is 0 Å². The Bertz CT molecular complexity index is 449. The predicted octanol–water partition coefficient (Wildman–Crippen LogP) is 1.68. The molecule has 1 aromatic rings. The molecule has 3 rings (SSSR count). The van der Waals surface area contributed by atoms with E-state index in [2.05, 4.69) is 15.3 Å². The number of aromatic nitrogens is 2. The Balaban J connectivity index is 1.80. The van der Waals surface area contributed by atoms with Crippen LogP contribution in [0.3, 0.4) is 0 Å². The number of halogens is 3. The lowest BCUT2D eigenvalue weighted by atomic mass is 9.94. The van der Waals surface area contributed by atoms with Crippen LogP contribution in [-0.4, -0.2) is 35.6 Å². The molecule has 1 N–H and O–H groups in total. The Hall–Kier alpha value is -1.37. The molecule has 2 saturated heterocycles. The predicted molar refractivity (Wildman–Crippen MR) is 63.8 cm³/mol. The first-order chi connectivity index (χ1) is 9.04. The van der Waals surface area contributed by atoms with E-state index in [0.717, 1.165) is 32.0 Å². The Kier molecular flexibility index (Phi) is 3.08. The highest BCUT2D eigenvalue weighted by Crippen LogP contribution is 2.30. The van der Waals surface area contributed by atoms with Gasteiger partial charge in [0.05, 0.1) is 0 Å². The minimum atomic E-state index is -4.41. The second-order valence-electron chi connectivity index (χ2n) is 5.11. The van der Waals surface area contributed by atoms with Gasteiger partial charge >= 0.3 is 6.18 Å². The molecule has 0 saturated carbocycles. The Labute approximate surface area is 109 Å². The summed E-state index contributed by atoms with van der Waals surface area (Å²) in [6.45, 7) is 2.41. The first-order valence-corrected chi connectivity index (χ1v) is 6.42. The standard InChI is InChI=1S/C12H15F3N4/c13-12(14,15)10-3-5-17-11(18-10)19-6-8-2-1-4-16-9(8)7-19/h3,5,8-9,16H,1-2,4,6-7H2. The molecule has 104 valence electrons. The number of piperidine rings is 1. The van der Waals surface area contributed by atoms with E-state index < -0.39 is 11.9 Å². The van der Waals surface area contributed by atoms with Gasteiger partial charge in [0.2, 0.25) is 5.95 Å². The zero-order valence-electron chi connectivity index (χ0n) is 10.3. The van der Waals surface area contributed by atoms with E-state index in [1.165, 1.54) is 6.20 Å². The fourth-order valence-electron chi connectivity index (χ4n) is 2.87. The highest BCUT2D eigenvalue weighted by molar-refractivity contribution is 5.34. The molecule has 2 atom stereocenters. The summed E-state index contributed by atoms with van der Waals surface area (Å²) < 4.78 is 37.9. The molecule has 3 heterocycles. The third-order valence-electron chi connectivity index (χ3n) is 3.82. The second kappa shape index (κ2) is 4.63. The molecule has 7 heteroatoms. The summed E-state index contributed by atoms with van der Waals surface area (Å²) >= 11 is 0. The molecule has 0 aromatic carbocycles. The van der Waals surface area contributed by atoms with Gasteiger partial charge in [0.15, 0.2) is 0 Å². The van der Waals surface area contributed by atoms with Crippen molar-refractivity contribution in [3.8, 4) is 0 Å². The third kappa shape index (κ3) is 2.51. The number of alkyl halides is 3. The van der Waals surface area contributed by atoms with Gasteiger partial charge < -0.3 is 10.2 Å². The lowest BCUT2D eigenvalue weighted by Gasteiger charge is -2.24. The van der Waals surface area contributed by atoms with Crippen LogP contribution in [0.1, 0.15) is 18.5 Å². The van der Waals surface area contributed by atoms with Gasteiger partial charge in [-0.2, -0.15) is 13.2 Å². The number of nitrogens with zero attached hydrogens (tertiary/aromatic N) is 3. The average molecular weight is 272 g/mol. The quantitative estimate of drug-likeness (QED) is 0.844. The van der Waals surface area contributed by atoms with Crippen LogP contribution in [0.4, 0.5) is 19.1 Å². The van der Waals surface area contributed by atoms with E-state index in [0.29, 0.717) is 18.5 Å². The number of rotatable bonds is 1. The van der Waals surface area contributed by atoms with Crippen LogP contribution < -0.4 is 10.2 Å². The summed E-state index contributed by atoms with van der Waals surface area (Å²) in [6, 6.07) is 1.26. The molecule has 2 fully saturated rings. The zero-order chi connectivity index (χ0) is 13.5. The lowest BCUT2D eigenvalue weighted by Crippen LogP contribution is -2.40. The molecule has 19 heavy (non-hydrogen) atoms. The molecule has 0 amide bonds. The monoisotopic (exact) mass is 272 g/mol. The van der Waals surface area contributed by atoms with Gasteiger partial charge in [-0.15, -0.1) is 0 Å². The van der Waals surface area contributed by atoms with E-state index in [1.54, 1.807) is 0 Å². The molecule has 0 aliphatic carbocycles. The highest BCUT2D eigenvalue weighted by atomic mass is 19.4. The molecule has 0 bridgehead atoms. The van der Waals surface area contributed by atoms with Crippen molar-refractivity contribution >= 4 is 5.95 Å². The first kappa shape index (κ1) is 12.7. The molecule has 4 nitrogen and oxygen atoms in total. The van der Waals surface area contributed by atoms with Crippen molar-refractivity contribution in [3.63, 3.8) is 0 Å². The van der Waals surface area contributed by atoms with Gasteiger partial charge in [-0.05, 0) is 31.4 Å². The molecule has 0 radical (unpaired) electrons. The van der Waals surface area contributed by atoms with Gasteiger partial charge in [-0.25, -0.2) is 9.97 Å². The topological polar surface area (TPSA) is 41.1 Å². The van der Waals surface area contributed by atoms with Crippen LogP contribution in [0, 0.1) is 5.92 Å². The average Bonchev–Trinajstić information content (AvgIpc) is 2.81. The molecular weight excluding hydrogens is 257 g/mol. The minimum absolute atomic E-state index is 0.186. The first-order valence-electron chi connectivity index (χ1n) is 6.42. The van der Waals surface area contributed by atoms with Gasteiger partial charge in [0.25, 0.3) is 0 Å². The summed E-state index contributed by atoms with van der Waals surface area (Å²) in [5, 5.41) is 3.41. The summed E-state index contributed by atoms with van der Waals surface area (Å²) in [5.74, 6) is 0.679. The molecular formula is C12H15F3N4. The van der Waals surface area contributed by atoms with E-state index in [9.17, 15) is 13.2 Å². The maximum atomic E-state index is 12.6. The number of nitrogens with one attached hydrogen (secondary N) is 1. The summed E-state index contributed by atoms with van der Waals surface area (Å²) in [4.78, 5) is 9.48. The number of anilines is 1. The van der Waals surface area contributed by atoms with E-state index in [-0.39, 0.29) is 5.95 Å². The maximum absolute atomic E-state index is 12.6. The molecule has 2 unspecified atom stereocenters. The molecule has 0 spiro atoms. The number of hydrogen-bond acceptors (Lipinski definition) is 4. The van der Waals surface area contributed by atoms with Gasteiger partial charge in [-0.1, -0.05) is 0 Å².